The predicted octanol–water partition coefficient (Wildman–Crippen LogP) is 0.112. The summed E-state index contributed by atoms with van der Waals surface area (Å²) in [5.41, 5.74) is 0. The molecule has 0 saturated carbocycles. The minimum Gasteiger partial charge on any atom is -0.492 e. The third-order valence-corrected chi connectivity index (χ3v) is 1.14. The fraction of sp³-hybridized carbons (Fsp3) is 0.286. The highest BCUT2D eigenvalue weighted by molar-refractivity contribution is 5.47. The molecule has 1 atom stereocenters. The highest BCUT2D eigenvalue weighted by atomic mass is 16.5. The highest BCUT2D eigenvalue weighted by Crippen LogP contribution is 1.99. The van der Waals surface area contributed by atoms with Gasteiger partial charge in [0.1, 0.15) is 6.10 Å². The van der Waals surface area contributed by atoms with Crippen LogP contribution in [-0.2, 0) is 9.53 Å². The highest BCUT2D eigenvalue weighted by Gasteiger charge is 2.03. The lowest BCUT2D eigenvalue weighted by molar-refractivity contribution is 0.185. The number of ether oxygens (including phenoxy) is 1. The molecule has 1 N–H and O–H groups in total. The molecule has 0 aromatic carbocycles. The molecule has 1 aliphatic rings. The van der Waals surface area contributed by atoms with Crippen LogP contribution in [0.4, 0.5) is 0 Å². The molecule has 0 fully saturated rings. The van der Waals surface area contributed by atoms with E-state index in [0.717, 1.165) is 0 Å². The van der Waals surface area contributed by atoms with Gasteiger partial charge in [0.25, 0.3) is 0 Å². The normalized spacial score (nSPS) is 21.8. The predicted molar refractivity (Wildman–Crippen MR) is 36.8 cm³/mol. The fourth-order valence-corrected chi connectivity index (χ4v) is 0.683. The van der Waals surface area contributed by atoms with Gasteiger partial charge in [0.05, 0.1) is 12.8 Å². The van der Waals surface area contributed by atoms with E-state index in [1.807, 2.05) is 12.2 Å². The van der Waals surface area contributed by atoms with Gasteiger partial charge in [-0.2, -0.15) is 0 Å². The van der Waals surface area contributed by atoms with Crippen LogP contribution >= 0.6 is 0 Å². The Morgan fingerprint density at radius 1 is 1.60 bits per heavy atom. The van der Waals surface area contributed by atoms with E-state index in [4.69, 9.17) is 4.74 Å². The van der Waals surface area contributed by atoms with Gasteiger partial charge in [-0.15, -0.1) is 0 Å². The molecule has 1 heterocycles. The number of hydrogen-bond donors (Lipinski definition) is 1. The van der Waals surface area contributed by atoms with Crippen molar-refractivity contribution in [2.75, 3.05) is 6.54 Å². The van der Waals surface area contributed by atoms with Crippen molar-refractivity contribution in [3.05, 3.63) is 24.5 Å². The summed E-state index contributed by atoms with van der Waals surface area (Å²) in [5.74, 6) is 0. The van der Waals surface area contributed by atoms with Crippen molar-refractivity contribution < 1.29 is 9.53 Å². The SMILES string of the molecule is O=[C]NCC1C=CC=CO1. The maximum atomic E-state index is 9.71. The largest absolute Gasteiger partial charge is 0.492 e. The van der Waals surface area contributed by atoms with Gasteiger partial charge < -0.3 is 10.1 Å². The molecule has 53 valence electrons. The maximum Gasteiger partial charge on any atom is 0.309 e. The summed E-state index contributed by atoms with van der Waals surface area (Å²) >= 11 is 0. The molecular formula is C7H8NO2. The van der Waals surface area contributed by atoms with Gasteiger partial charge in [0.15, 0.2) is 0 Å². The van der Waals surface area contributed by atoms with Crippen molar-refractivity contribution in [3.63, 3.8) is 0 Å². The number of hydrogen-bond acceptors (Lipinski definition) is 2. The zero-order valence-electron chi connectivity index (χ0n) is 5.41. The van der Waals surface area contributed by atoms with E-state index in [1.165, 1.54) is 0 Å². The van der Waals surface area contributed by atoms with Gasteiger partial charge in [-0.05, 0) is 12.2 Å². The van der Waals surface area contributed by atoms with Crippen LogP contribution in [0.5, 0.6) is 0 Å². The lowest BCUT2D eigenvalue weighted by Gasteiger charge is -2.12. The van der Waals surface area contributed by atoms with Crippen molar-refractivity contribution in [1.82, 2.24) is 5.32 Å². The smallest absolute Gasteiger partial charge is 0.309 e. The Kier molecular flexibility index (Phi) is 2.55. The number of nitrogens with one attached hydrogen (secondary N) is 1. The molecular weight excluding hydrogens is 130 g/mol. The first-order valence-electron chi connectivity index (χ1n) is 3.02. The quantitative estimate of drug-likeness (QED) is 0.562. The molecule has 0 saturated heterocycles. The Labute approximate surface area is 59.4 Å². The van der Waals surface area contributed by atoms with Crippen molar-refractivity contribution in [3.8, 4) is 0 Å². The van der Waals surface area contributed by atoms with E-state index in [1.54, 1.807) is 18.7 Å². The number of amides is 1. The molecule has 1 aliphatic heterocycles. The van der Waals surface area contributed by atoms with Crippen LogP contribution in [-0.4, -0.2) is 19.1 Å². The molecule has 0 spiro atoms. The van der Waals surface area contributed by atoms with Gasteiger partial charge in [-0.1, -0.05) is 6.08 Å². The van der Waals surface area contributed by atoms with Crippen LogP contribution in [0.2, 0.25) is 0 Å². The Morgan fingerprint density at radius 2 is 2.50 bits per heavy atom. The summed E-state index contributed by atoms with van der Waals surface area (Å²) in [6.07, 6.45) is 8.67. The third kappa shape index (κ3) is 1.93. The molecule has 3 nitrogen and oxygen atoms in total. The zero-order valence-corrected chi connectivity index (χ0v) is 5.41. The summed E-state index contributed by atoms with van der Waals surface area (Å²) in [6.45, 7) is 0.477. The number of allylic oxidation sites excluding steroid dienone is 2. The fourth-order valence-electron chi connectivity index (χ4n) is 0.683. The van der Waals surface area contributed by atoms with Gasteiger partial charge in [0, 0.05) is 0 Å². The van der Waals surface area contributed by atoms with Crippen LogP contribution in [0.1, 0.15) is 0 Å². The van der Waals surface area contributed by atoms with E-state index in [2.05, 4.69) is 5.32 Å². The molecule has 0 aromatic heterocycles. The van der Waals surface area contributed by atoms with Crippen LogP contribution in [0.15, 0.2) is 24.5 Å². The van der Waals surface area contributed by atoms with Crippen LogP contribution in [0.3, 0.4) is 0 Å². The molecule has 3 heteroatoms. The summed E-state index contributed by atoms with van der Waals surface area (Å²) in [6, 6.07) is 0. The van der Waals surface area contributed by atoms with Crippen LogP contribution in [0.25, 0.3) is 0 Å². The molecule has 0 aliphatic carbocycles. The summed E-state index contributed by atoms with van der Waals surface area (Å²) in [7, 11) is 0. The van der Waals surface area contributed by atoms with Gasteiger partial charge in [-0.3, -0.25) is 4.79 Å². The maximum absolute atomic E-state index is 9.71. The molecule has 10 heavy (non-hydrogen) atoms. The standard InChI is InChI=1S/C7H8NO2/c9-6-8-5-7-3-1-2-4-10-7/h1-4,7H,5H2,(H,8,9). The number of rotatable bonds is 3. The molecule has 0 aromatic rings. The van der Waals surface area contributed by atoms with E-state index in [9.17, 15) is 4.79 Å². The topological polar surface area (TPSA) is 38.3 Å². The van der Waals surface area contributed by atoms with E-state index < -0.39 is 0 Å². The van der Waals surface area contributed by atoms with E-state index in [-0.39, 0.29) is 6.10 Å². The van der Waals surface area contributed by atoms with Crippen LogP contribution in [0, 0.1) is 0 Å². The monoisotopic (exact) mass is 138 g/mol. The summed E-state index contributed by atoms with van der Waals surface area (Å²) in [5, 5.41) is 2.40. The first-order chi connectivity index (χ1) is 4.93. The van der Waals surface area contributed by atoms with E-state index >= 15 is 0 Å². The minimum atomic E-state index is -0.0357. The number of carbonyl (C=O) groups excluding carboxylic acids is 1. The van der Waals surface area contributed by atoms with Gasteiger partial charge in [0.2, 0.25) is 0 Å². The Bertz CT molecular complexity index is 163. The lowest BCUT2D eigenvalue weighted by Crippen LogP contribution is -2.25. The second-order valence-corrected chi connectivity index (χ2v) is 1.87. The van der Waals surface area contributed by atoms with Gasteiger partial charge in [-0.25, -0.2) is 0 Å². The van der Waals surface area contributed by atoms with Crippen LogP contribution < -0.4 is 5.32 Å². The molecule has 0 bridgehead atoms. The average Bonchev–Trinajstić information content (AvgIpc) is 2.03. The second kappa shape index (κ2) is 3.71. The summed E-state index contributed by atoms with van der Waals surface area (Å²) < 4.78 is 5.07. The Morgan fingerprint density at radius 3 is 3.10 bits per heavy atom. The first-order valence-corrected chi connectivity index (χ1v) is 3.02. The molecule has 1 radical (unpaired) electrons. The van der Waals surface area contributed by atoms with Gasteiger partial charge >= 0.3 is 6.41 Å². The Hall–Kier alpha value is -1.25. The zero-order chi connectivity index (χ0) is 7.23. The molecule has 1 amide bonds. The first kappa shape index (κ1) is 6.86. The van der Waals surface area contributed by atoms with Crippen molar-refractivity contribution >= 4 is 6.41 Å². The molecule has 1 rings (SSSR count). The van der Waals surface area contributed by atoms with Crippen molar-refractivity contribution in [2.45, 2.75) is 6.10 Å². The third-order valence-electron chi connectivity index (χ3n) is 1.14. The van der Waals surface area contributed by atoms with Crippen molar-refractivity contribution in [1.29, 1.82) is 0 Å². The molecule has 1 unspecified atom stereocenters. The summed E-state index contributed by atoms with van der Waals surface area (Å²) in [4.78, 5) is 9.71. The average molecular weight is 138 g/mol. The van der Waals surface area contributed by atoms with E-state index in [0.29, 0.717) is 6.54 Å². The Balaban J connectivity index is 2.23. The lowest BCUT2D eigenvalue weighted by atomic mass is 10.3. The minimum absolute atomic E-state index is 0.0357. The second-order valence-electron chi connectivity index (χ2n) is 1.87. The van der Waals surface area contributed by atoms with Crippen molar-refractivity contribution in [2.24, 2.45) is 0 Å².